The van der Waals surface area contributed by atoms with Gasteiger partial charge >= 0.3 is 0 Å². The molecular formula is C22H23FN6OS. The zero-order chi connectivity index (χ0) is 21.5. The van der Waals surface area contributed by atoms with Crippen LogP contribution in [0.4, 0.5) is 15.9 Å². The second-order valence-electron chi connectivity index (χ2n) is 8.13. The van der Waals surface area contributed by atoms with Crippen LogP contribution >= 0.6 is 11.9 Å². The highest BCUT2D eigenvalue weighted by Crippen LogP contribution is 2.40. The van der Waals surface area contributed by atoms with Gasteiger partial charge in [-0.15, -0.1) is 0 Å². The first-order chi connectivity index (χ1) is 15.0. The average Bonchev–Trinajstić information content (AvgIpc) is 3.50. The summed E-state index contributed by atoms with van der Waals surface area (Å²) in [5.41, 5.74) is 3.58. The number of nitrogens with one attached hydrogen (secondary N) is 3. The molecule has 1 aliphatic carbocycles. The van der Waals surface area contributed by atoms with Gasteiger partial charge in [-0.25, -0.2) is 9.07 Å². The molecule has 9 heteroatoms. The maximum absolute atomic E-state index is 14.7. The highest BCUT2D eigenvalue weighted by molar-refractivity contribution is 7.97. The van der Waals surface area contributed by atoms with Gasteiger partial charge in [0.2, 0.25) is 0 Å². The van der Waals surface area contributed by atoms with E-state index in [0.717, 1.165) is 41.0 Å². The monoisotopic (exact) mass is 438 g/mol. The number of hydrogen-bond acceptors (Lipinski definition) is 6. The number of aromatic nitrogens is 4. The summed E-state index contributed by atoms with van der Waals surface area (Å²) < 4.78 is 19.4. The van der Waals surface area contributed by atoms with Crippen molar-refractivity contribution >= 4 is 29.0 Å². The summed E-state index contributed by atoms with van der Waals surface area (Å²) in [7, 11) is 0. The normalized spacial score (nSPS) is 20.1. The van der Waals surface area contributed by atoms with Gasteiger partial charge in [0.25, 0.3) is 5.56 Å². The van der Waals surface area contributed by atoms with Gasteiger partial charge in [-0.2, -0.15) is 10.2 Å². The third-order valence-corrected chi connectivity index (χ3v) is 6.89. The van der Waals surface area contributed by atoms with Crippen LogP contribution < -0.4 is 15.6 Å². The van der Waals surface area contributed by atoms with Gasteiger partial charge in [0.05, 0.1) is 17.9 Å². The molecule has 160 valence electrons. The van der Waals surface area contributed by atoms with E-state index < -0.39 is 0 Å². The van der Waals surface area contributed by atoms with Crippen LogP contribution in [0, 0.1) is 5.82 Å². The molecule has 3 heterocycles. The van der Waals surface area contributed by atoms with Crippen LogP contribution in [-0.4, -0.2) is 20.0 Å². The number of allylic oxidation sites excluding steroid dienone is 1. The maximum atomic E-state index is 14.7. The first-order valence-electron chi connectivity index (χ1n) is 10.3. The number of rotatable bonds is 5. The summed E-state index contributed by atoms with van der Waals surface area (Å²) in [5.74, 6) is 0.578. The lowest BCUT2D eigenvalue weighted by molar-refractivity contribution is 0.437. The lowest BCUT2D eigenvalue weighted by Gasteiger charge is -2.13. The van der Waals surface area contributed by atoms with Crippen molar-refractivity contribution in [3.63, 3.8) is 0 Å². The van der Waals surface area contributed by atoms with Gasteiger partial charge in [0.1, 0.15) is 0 Å². The van der Waals surface area contributed by atoms with E-state index in [9.17, 15) is 9.18 Å². The Morgan fingerprint density at radius 2 is 2.23 bits per heavy atom. The van der Waals surface area contributed by atoms with E-state index in [1.165, 1.54) is 11.9 Å². The van der Waals surface area contributed by atoms with Crippen LogP contribution in [0.1, 0.15) is 55.0 Å². The summed E-state index contributed by atoms with van der Waals surface area (Å²) in [6.45, 7) is 6.24. The van der Waals surface area contributed by atoms with Gasteiger partial charge in [-0.3, -0.25) is 14.6 Å². The van der Waals surface area contributed by atoms with Crippen molar-refractivity contribution < 1.29 is 4.39 Å². The third kappa shape index (κ3) is 3.79. The third-order valence-electron chi connectivity index (χ3n) is 6.00. The van der Waals surface area contributed by atoms with Crippen LogP contribution in [0.25, 0.3) is 5.57 Å². The molecule has 3 aromatic rings. The Labute approximate surface area is 183 Å². The minimum atomic E-state index is -0.246. The number of benzene rings is 1. The standard InChI is InChI=1S/C22H23FN6OS/c1-12(2)14-8-21(30)29(24-10-14)15-4-3-13(7-15)18-9-20(28-27-18)26-17-5-6-19-16(22(17)23)11-25-31-19/h5-6,8-10,13,15,25H,1,3-4,7,11H2,2H3,(H2,26,27,28). The highest BCUT2D eigenvalue weighted by atomic mass is 32.2. The summed E-state index contributed by atoms with van der Waals surface area (Å²) in [5, 5.41) is 14.8. The molecular weight excluding hydrogens is 415 g/mol. The van der Waals surface area contributed by atoms with Crippen molar-refractivity contribution in [3.8, 4) is 0 Å². The summed E-state index contributed by atoms with van der Waals surface area (Å²) in [4.78, 5) is 13.4. The number of nitrogens with zero attached hydrogens (tertiary/aromatic N) is 3. The van der Waals surface area contributed by atoms with E-state index in [0.29, 0.717) is 23.6 Å². The Bertz CT molecular complexity index is 1220. The SMILES string of the molecule is C=C(C)c1cnn(C2CCC(c3cc(Nc4ccc5c(c4F)CNS5)n[nH]3)C2)c(=O)c1. The molecule has 0 spiro atoms. The highest BCUT2D eigenvalue weighted by Gasteiger charge is 2.30. The largest absolute Gasteiger partial charge is 0.336 e. The number of H-pyrrole nitrogens is 1. The Kier molecular flexibility index (Phi) is 5.15. The van der Waals surface area contributed by atoms with Crippen LogP contribution in [0.15, 0.2) is 46.7 Å². The summed E-state index contributed by atoms with van der Waals surface area (Å²) in [6.07, 6.45) is 4.31. The quantitative estimate of drug-likeness (QED) is 0.509. The van der Waals surface area contributed by atoms with Crippen LogP contribution in [0.2, 0.25) is 0 Å². The molecule has 31 heavy (non-hydrogen) atoms. The Balaban J connectivity index is 1.29. The van der Waals surface area contributed by atoms with E-state index in [4.69, 9.17) is 0 Å². The molecule has 1 fully saturated rings. The molecule has 2 unspecified atom stereocenters. The molecule has 7 nitrogen and oxygen atoms in total. The first-order valence-corrected chi connectivity index (χ1v) is 11.1. The van der Waals surface area contributed by atoms with Crippen molar-refractivity contribution in [3.05, 3.63) is 70.0 Å². The van der Waals surface area contributed by atoms with Gasteiger partial charge in [0.15, 0.2) is 11.6 Å². The van der Waals surface area contributed by atoms with Gasteiger partial charge in [0, 0.05) is 46.3 Å². The molecule has 1 aliphatic heterocycles. The van der Waals surface area contributed by atoms with Crippen LogP contribution in [0.5, 0.6) is 0 Å². The molecule has 0 saturated heterocycles. The average molecular weight is 439 g/mol. The van der Waals surface area contributed by atoms with E-state index in [2.05, 4.69) is 31.9 Å². The van der Waals surface area contributed by atoms with E-state index in [1.807, 2.05) is 19.1 Å². The minimum Gasteiger partial charge on any atom is -0.336 e. The lowest BCUT2D eigenvalue weighted by atomic mass is 10.0. The molecule has 0 bridgehead atoms. The van der Waals surface area contributed by atoms with Gasteiger partial charge in [-0.1, -0.05) is 6.58 Å². The van der Waals surface area contributed by atoms with E-state index in [-0.39, 0.29) is 23.3 Å². The molecule has 2 aliphatic rings. The fraction of sp³-hybridized carbons (Fsp3) is 0.318. The molecule has 1 aromatic carbocycles. The second kappa shape index (κ2) is 7.97. The predicted octanol–water partition coefficient (Wildman–Crippen LogP) is 4.50. The smallest absolute Gasteiger partial charge is 0.267 e. The maximum Gasteiger partial charge on any atom is 0.267 e. The number of halogens is 1. The van der Waals surface area contributed by atoms with E-state index >= 15 is 0 Å². The van der Waals surface area contributed by atoms with Gasteiger partial charge in [-0.05, 0) is 55.8 Å². The number of fused-ring (bicyclic) bond motifs is 1. The number of anilines is 2. The zero-order valence-electron chi connectivity index (χ0n) is 17.1. The molecule has 3 N–H and O–H groups in total. The van der Waals surface area contributed by atoms with Crippen LogP contribution in [0.3, 0.4) is 0 Å². The van der Waals surface area contributed by atoms with Crippen molar-refractivity contribution in [2.75, 3.05) is 5.32 Å². The Morgan fingerprint density at radius 3 is 3.03 bits per heavy atom. The van der Waals surface area contributed by atoms with Crippen molar-refractivity contribution in [2.45, 2.75) is 49.6 Å². The fourth-order valence-electron chi connectivity index (χ4n) is 4.28. The minimum absolute atomic E-state index is 0.0514. The zero-order valence-corrected chi connectivity index (χ0v) is 17.9. The summed E-state index contributed by atoms with van der Waals surface area (Å²) in [6, 6.07) is 7.22. The Morgan fingerprint density at radius 1 is 1.35 bits per heavy atom. The molecule has 2 atom stereocenters. The van der Waals surface area contributed by atoms with Crippen molar-refractivity contribution in [2.24, 2.45) is 0 Å². The molecule has 1 saturated carbocycles. The topological polar surface area (TPSA) is 87.6 Å². The molecule has 2 aromatic heterocycles. The van der Waals surface area contributed by atoms with Gasteiger partial charge < -0.3 is 5.32 Å². The summed E-state index contributed by atoms with van der Waals surface area (Å²) >= 11 is 1.45. The first kappa shape index (κ1) is 20.0. The predicted molar refractivity (Wildman–Crippen MR) is 120 cm³/mol. The number of aromatic amines is 1. The van der Waals surface area contributed by atoms with E-state index in [1.54, 1.807) is 23.0 Å². The van der Waals surface area contributed by atoms with Crippen molar-refractivity contribution in [1.82, 2.24) is 24.7 Å². The van der Waals surface area contributed by atoms with Crippen LogP contribution in [-0.2, 0) is 6.54 Å². The molecule has 0 amide bonds. The number of hydrogen-bond donors (Lipinski definition) is 3. The molecule has 5 rings (SSSR count). The lowest BCUT2D eigenvalue weighted by Crippen LogP contribution is -2.25. The second-order valence-corrected chi connectivity index (χ2v) is 9.06. The molecule has 0 radical (unpaired) electrons. The van der Waals surface area contributed by atoms with Crippen molar-refractivity contribution in [1.29, 1.82) is 0 Å². The Hall–Kier alpha value is -2.91. The fourth-order valence-corrected chi connectivity index (χ4v) is 5.07.